The van der Waals surface area contributed by atoms with Gasteiger partial charge in [-0.25, -0.2) is 18.4 Å². The second-order valence-corrected chi connectivity index (χ2v) is 9.98. The van der Waals surface area contributed by atoms with Crippen LogP contribution in [0, 0.1) is 0 Å². The normalized spacial score (nSPS) is 15.6. The van der Waals surface area contributed by atoms with Crippen LogP contribution in [0.4, 0.5) is 5.82 Å². The summed E-state index contributed by atoms with van der Waals surface area (Å²) >= 11 is 0. The predicted molar refractivity (Wildman–Crippen MR) is 136 cm³/mol. The molecule has 0 spiro atoms. The number of aldehydes is 1. The number of hydrogen-bond donors (Lipinski definition) is 1. The molecule has 1 fully saturated rings. The summed E-state index contributed by atoms with van der Waals surface area (Å²) < 4.78 is 51.5. The van der Waals surface area contributed by atoms with E-state index < -0.39 is 10.0 Å². The molecule has 1 aliphatic heterocycles. The van der Waals surface area contributed by atoms with Crippen LogP contribution < -0.4 is 14.2 Å². The third-order valence-corrected chi connectivity index (χ3v) is 7.14. The van der Waals surface area contributed by atoms with Gasteiger partial charge in [0.25, 0.3) is 10.0 Å². The highest BCUT2D eigenvalue weighted by atomic mass is 32.2. The van der Waals surface area contributed by atoms with Crippen molar-refractivity contribution in [2.45, 2.75) is 36.9 Å². The number of methoxy groups -OCH3 is 1. The van der Waals surface area contributed by atoms with E-state index in [0.717, 1.165) is 24.8 Å². The first-order chi connectivity index (χ1) is 18.0. The third kappa shape index (κ3) is 7.03. The predicted octanol–water partition coefficient (Wildman–Crippen LogP) is 3.61. The van der Waals surface area contributed by atoms with Gasteiger partial charge < -0.3 is 18.9 Å². The van der Waals surface area contributed by atoms with Crippen LogP contribution in [0.25, 0.3) is 0 Å². The summed E-state index contributed by atoms with van der Waals surface area (Å²) in [6.07, 6.45) is 4.81. The van der Waals surface area contributed by atoms with Gasteiger partial charge in [0.2, 0.25) is 5.88 Å². The zero-order valence-electron chi connectivity index (χ0n) is 20.5. The van der Waals surface area contributed by atoms with Crippen molar-refractivity contribution in [3.05, 3.63) is 71.5 Å². The Balaban J connectivity index is 1.58. The lowest BCUT2D eigenvalue weighted by atomic mass is 10.1. The van der Waals surface area contributed by atoms with Crippen LogP contribution in [-0.2, 0) is 25.9 Å². The standard InChI is InChI=1S/C26H29N3O7S/c1-33-23-7-3-2-6-20(23)16-22-25(29-37(31,32)21-11-9-19(17-30)10-12-21)27-18-28-26(22)36-15-14-35-24-8-4-5-13-34-24/h2-3,6-7,9-12,17-18,24H,4-5,8,13-16H2,1H3,(H,27,28,29). The molecule has 2 heterocycles. The minimum Gasteiger partial charge on any atom is -0.496 e. The van der Waals surface area contributed by atoms with Crippen LogP contribution in [0.2, 0.25) is 0 Å². The second kappa shape index (κ2) is 12.6. The van der Waals surface area contributed by atoms with Crippen LogP contribution in [0.15, 0.2) is 59.8 Å². The van der Waals surface area contributed by atoms with E-state index in [1.54, 1.807) is 7.11 Å². The first-order valence-corrected chi connectivity index (χ1v) is 13.4. The quantitative estimate of drug-likeness (QED) is 0.278. The summed E-state index contributed by atoms with van der Waals surface area (Å²) in [5.41, 5.74) is 1.61. The van der Waals surface area contributed by atoms with Gasteiger partial charge >= 0.3 is 0 Å². The second-order valence-electron chi connectivity index (χ2n) is 8.30. The van der Waals surface area contributed by atoms with E-state index >= 15 is 0 Å². The van der Waals surface area contributed by atoms with Gasteiger partial charge in [-0.3, -0.25) is 9.52 Å². The average Bonchev–Trinajstić information content (AvgIpc) is 2.93. The van der Waals surface area contributed by atoms with Crippen molar-refractivity contribution in [1.29, 1.82) is 0 Å². The molecule has 0 aliphatic carbocycles. The maximum atomic E-state index is 13.1. The van der Waals surface area contributed by atoms with Gasteiger partial charge in [0.1, 0.15) is 25.0 Å². The molecule has 0 amide bonds. The van der Waals surface area contributed by atoms with Crippen LogP contribution in [0.1, 0.15) is 40.7 Å². The Kier molecular flexibility index (Phi) is 9.04. The zero-order valence-corrected chi connectivity index (χ0v) is 21.3. The van der Waals surface area contributed by atoms with Crippen molar-refractivity contribution in [2.24, 2.45) is 0 Å². The number of para-hydroxylation sites is 1. The lowest BCUT2D eigenvalue weighted by Crippen LogP contribution is -2.24. The maximum absolute atomic E-state index is 13.1. The molecule has 3 aromatic rings. The molecule has 11 heteroatoms. The number of hydrogen-bond acceptors (Lipinski definition) is 9. The van der Waals surface area contributed by atoms with E-state index in [0.29, 0.717) is 29.8 Å². The van der Waals surface area contributed by atoms with E-state index in [2.05, 4.69) is 14.7 Å². The van der Waals surface area contributed by atoms with Crippen molar-refractivity contribution < 1.29 is 32.2 Å². The Bertz CT molecular complexity index is 1290. The van der Waals surface area contributed by atoms with E-state index in [-0.39, 0.29) is 42.5 Å². The average molecular weight is 528 g/mol. The smallest absolute Gasteiger partial charge is 0.263 e. The molecule has 1 atom stereocenters. The van der Waals surface area contributed by atoms with Crippen molar-refractivity contribution in [2.75, 3.05) is 31.7 Å². The van der Waals surface area contributed by atoms with Crippen molar-refractivity contribution >= 4 is 22.1 Å². The Hall–Kier alpha value is -3.54. The van der Waals surface area contributed by atoms with Crippen molar-refractivity contribution in [3.63, 3.8) is 0 Å². The Morgan fingerprint density at radius 2 is 1.89 bits per heavy atom. The van der Waals surface area contributed by atoms with Gasteiger partial charge in [0.05, 0.1) is 24.2 Å². The van der Waals surface area contributed by atoms with E-state index in [4.69, 9.17) is 18.9 Å². The molecule has 0 saturated carbocycles. The van der Waals surface area contributed by atoms with Crippen LogP contribution in [0.5, 0.6) is 11.6 Å². The van der Waals surface area contributed by atoms with Crippen molar-refractivity contribution in [1.82, 2.24) is 9.97 Å². The number of nitrogens with one attached hydrogen (secondary N) is 1. The fourth-order valence-corrected chi connectivity index (χ4v) is 4.92. The van der Waals surface area contributed by atoms with Gasteiger partial charge in [-0.2, -0.15) is 0 Å². The Labute approximate surface area is 216 Å². The fourth-order valence-electron chi connectivity index (χ4n) is 3.88. The molecule has 1 saturated heterocycles. The lowest BCUT2D eigenvalue weighted by Gasteiger charge is -2.22. The topological polar surface area (TPSA) is 126 Å². The number of carbonyl (C=O) groups excluding carboxylic acids is 1. The first kappa shape index (κ1) is 26.5. The molecule has 1 N–H and O–H groups in total. The number of rotatable bonds is 12. The molecule has 1 aliphatic rings. The zero-order chi connectivity index (χ0) is 26.1. The number of aromatic nitrogens is 2. The summed E-state index contributed by atoms with van der Waals surface area (Å²) in [7, 11) is -2.44. The number of ether oxygens (including phenoxy) is 4. The fraction of sp³-hybridized carbons (Fsp3) is 0.346. The highest BCUT2D eigenvalue weighted by Gasteiger charge is 2.22. The highest BCUT2D eigenvalue weighted by molar-refractivity contribution is 7.92. The molecule has 196 valence electrons. The largest absolute Gasteiger partial charge is 0.496 e. The van der Waals surface area contributed by atoms with Gasteiger partial charge in [-0.15, -0.1) is 0 Å². The van der Waals surface area contributed by atoms with Crippen LogP contribution in [-0.4, -0.2) is 57.9 Å². The number of nitrogens with zero attached hydrogens (tertiary/aromatic N) is 2. The van der Waals surface area contributed by atoms with E-state index in [9.17, 15) is 13.2 Å². The van der Waals surface area contributed by atoms with E-state index in [1.165, 1.54) is 30.6 Å². The number of anilines is 1. The third-order valence-electron chi connectivity index (χ3n) is 5.79. The maximum Gasteiger partial charge on any atom is 0.263 e. The molecule has 10 nitrogen and oxygen atoms in total. The lowest BCUT2D eigenvalue weighted by molar-refractivity contribution is -0.165. The van der Waals surface area contributed by atoms with Crippen LogP contribution >= 0.6 is 0 Å². The summed E-state index contributed by atoms with van der Waals surface area (Å²) in [6.45, 7) is 1.16. The van der Waals surface area contributed by atoms with Crippen LogP contribution in [0.3, 0.4) is 0 Å². The number of carbonyl (C=O) groups is 1. The first-order valence-electron chi connectivity index (χ1n) is 11.9. The molecule has 0 bridgehead atoms. The Morgan fingerprint density at radius 3 is 2.62 bits per heavy atom. The Morgan fingerprint density at radius 1 is 1.08 bits per heavy atom. The minimum atomic E-state index is -4.01. The van der Waals surface area contributed by atoms with Gasteiger partial charge in [-0.1, -0.05) is 30.3 Å². The van der Waals surface area contributed by atoms with Gasteiger partial charge in [-0.05, 0) is 43.0 Å². The molecule has 1 aromatic heterocycles. The SMILES string of the molecule is COc1ccccc1Cc1c(NS(=O)(=O)c2ccc(C=O)cc2)ncnc1OCCOC1CCCCO1. The molecule has 4 rings (SSSR count). The molecular weight excluding hydrogens is 498 g/mol. The summed E-state index contributed by atoms with van der Waals surface area (Å²) in [6, 6.07) is 13.0. The molecule has 1 unspecified atom stereocenters. The highest BCUT2D eigenvalue weighted by Crippen LogP contribution is 2.30. The molecule has 2 aromatic carbocycles. The molecule has 37 heavy (non-hydrogen) atoms. The minimum absolute atomic E-state index is 0.0108. The van der Waals surface area contributed by atoms with Crippen molar-refractivity contribution in [3.8, 4) is 11.6 Å². The monoisotopic (exact) mass is 527 g/mol. The molecular formula is C26H29N3O7S. The van der Waals surface area contributed by atoms with Gasteiger partial charge in [0.15, 0.2) is 12.1 Å². The van der Waals surface area contributed by atoms with E-state index in [1.807, 2.05) is 24.3 Å². The summed E-state index contributed by atoms with van der Waals surface area (Å²) in [5, 5.41) is 0. The summed E-state index contributed by atoms with van der Waals surface area (Å²) in [4.78, 5) is 19.4. The summed E-state index contributed by atoms with van der Waals surface area (Å²) in [5.74, 6) is 0.934. The van der Waals surface area contributed by atoms with Gasteiger partial charge in [0, 0.05) is 18.6 Å². The molecule has 0 radical (unpaired) electrons. The number of sulfonamides is 1. The number of benzene rings is 2.